The molecule has 0 spiro atoms. The van der Waals surface area contributed by atoms with E-state index in [4.69, 9.17) is 9.84 Å². The van der Waals surface area contributed by atoms with Gasteiger partial charge in [0.05, 0.1) is 11.9 Å². The van der Waals surface area contributed by atoms with Crippen molar-refractivity contribution >= 4 is 6.03 Å². The number of nitrogens with zero attached hydrogens (tertiary/aromatic N) is 2. The Hall–Kier alpha value is -1.75. The van der Waals surface area contributed by atoms with Gasteiger partial charge >= 0.3 is 6.03 Å². The first-order valence-electron chi connectivity index (χ1n) is 5.25. The Bertz CT molecular complexity index is 409. The van der Waals surface area contributed by atoms with Crippen LogP contribution in [0.3, 0.4) is 0 Å². The zero-order chi connectivity index (χ0) is 14.8. The molecule has 5 N–H and O–H groups in total. The Morgan fingerprint density at radius 3 is 2.68 bits per heavy atom. The number of ether oxygens (including phenoxy) is 1. The van der Waals surface area contributed by atoms with Crippen LogP contribution >= 0.6 is 0 Å². The number of nitroso groups, excluding NO2 is 1. The molecule has 0 bridgehead atoms. The molecule has 1 heterocycles. The number of hydrogen-bond donors (Lipinski definition) is 5. The maximum atomic E-state index is 11.4. The van der Waals surface area contributed by atoms with Crippen molar-refractivity contribution in [3.63, 3.8) is 0 Å². The van der Waals surface area contributed by atoms with Crippen LogP contribution in [0.1, 0.15) is 6.92 Å². The van der Waals surface area contributed by atoms with Crippen molar-refractivity contribution in [1.29, 1.82) is 0 Å². The molecule has 0 fully saturated rings. The topological polar surface area (TPSA) is 152 Å². The molecule has 108 valence electrons. The predicted molar refractivity (Wildman–Crippen MR) is 60.3 cm³/mol. The molecule has 0 saturated heterocycles. The van der Waals surface area contributed by atoms with Gasteiger partial charge in [-0.05, 0) is 6.92 Å². The third-order valence-corrected chi connectivity index (χ3v) is 2.56. The lowest BCUT2D eigenvalue weighted by atomic mass is 10.0. The second-order valence-corrected chi connectivity index (χ2v) is 4.06. The average Bonchev–Trinajstić information content (AvgIpc) is 2.37. The molecular weight excluding hydrogens is 262 g/mol. The number of carbonyl (C=O) groups is 1. The van der Waals surface area contributed by atoms with Crippen molar-refractivity contribution in [2.24, 2.45) is 5.29 Å². The summed E-state index contributed by atoms with van der Waals surface area (Å²) in [5.74, 6) is -2.93. The molecular formula is C9H15N3O7. The van der Waals surface area contributed by atoms with Crippen LogP contribution in [-0.2, 0) is 4.74 Å². The Morgan fingerprint density at radius 1 is 1.63 bits per heavy atom. The summed E-state index contributed by atoms with van der Waals surface area (Å²) in [5, 5.41) is 42.8. The minimum Gasteiger partial charge on any atom is -0.507 e. The van der Waals surface area contributed by atoms with Gasteiger partial charge in [0.1, 0.15) is 23.7 Å². The van der Waals surface area contributed by atoms with E-state index in [9.17, 15) is 25.0 Å². The SMILES string of the molecule is CN(N=O)C(=O)NC1=C(O)[C@H](O)C(CO)O[C@]1(C)O. The van der Waals surface area contributed by atoms with Crippen molar-refractivity contribution in [2.45, 2.75) is 24.9 Å². The molecule has 0 aromatic rings. The second kappa shape index (κ2) is 5.48. The van der Waals surface area contributed by atoms with Gasteiger partial charge in [0.2, 0.25) is 5.79 Å². The summed E-state index contributed by atoms with van der Waals surface area (Å²) in [6.45, 7) is 0.431. The van der Waals surface area contributed by atoms with Crippen molar-refractivity contribution < 1.29 is 30.0 Å². The first kappa shape index (κ1) is 15.3. The first-order chi connectivity index (χ1) is 8.74. The number of aliphatic hydroxyl groups excluding tert-OH is 3. The van der Waals surface area contributed by atoms with E-state index < -0.39 is 42.1 Å². The zero-order valence-corrected chi connectivity index (χ0v) is 10.3. The van der Waals surface area contributed by atoms with E-state index >= 15 is 0 Å². The van der Waals surface area contributed by atoms with E-state index in [1.165, 1.54) is 0 Å². The highest BCUT2D eigenvalue weighted by Crippen LogP contribution is 2.29. The molecule has 0 aromatic carbocycles. The Morgan fingerprint density at radius 2 is 2.21 bits per heavy atom. The molecule has 0 aromatic heterocycles. The number of hydrogen-bond acceptors (Lipinski definition) is 8. The number of rotatable bonds is 3. The summed E-state index contributed by atoms with van der Waals surface area (Å²) >= 11 is 0. The van der Waals surface area contributed by atoms with Crippen LogP contribution in [0, 0.1) is 4.91 Å². The molecule has 0 saturated carbocycles. The lowest BCUT2D eigenvalue weighted by molar-refractivity contribution is -0.236. The fourth-order valence-electron chi connectivity index (χ4n) is 1.52. The van der Waals surface area contributed by atoms with Crippen LogP contribution in [0.4, 0.5) is 4.79 Å². The molecule has 10 nitrogen and oxygen atoms in total. The van der Waals surface area contributed by atoms with Crippen molar-refractivity contribution in [3.05, 3.63) is 16.4 Å². The summed E-state index contributed by atoms with van der Waals surface area (Å²) in [7, 11) is 1.05. The molecule has 1 aliphatic rings. The van der Waals surface area contributed by atoms with E-state index in [-0.39, 0.29) is 0 Å². The highest BCUT2D eigenvalue weighted by Gasteiger charge is 2.44. The van der Waals surface area contributed by atoms with E-state index in [1.807, 2.05) is 5.32 Å². The van der Waals surface area contributed by atoms with Crippen LogP contribution in [-0.4, -0.2) is 63.1 Å². The third kappa shape index (κ3) is 2.98. The van der Waals surface area contributed by atoms with Crippen LogP contribution < -0.4 is 5.32 Å². The maximum absolute atomic E-state index is 11.4. The summed E-state index contributed by atoms with van der Waals surface area (Å²) in [5.41, 5.74) is -0.537. The van der Waals surface area contributed by atoms with E-state index in [1.54, 1.807) is 0 Å². The maximum Gasteiger partial charge on any atom is 0.344 e. The minimum absolute atomic E-state index is 0.376. The molecule has 0 radical (unpaired) electrons. The third-order valence-electron chi connectivity index (χ3n) is 2.56. The smallest absolute Gasteiger partial charge is 0.344 e. The molecule has 2 amide bonds. The standard InChI is InChI=1S/C9H15N3O7/c1-9(17)7(10-8(16)12(2)11-18)6(15)5(14)4(3-13)19-9/h4-5,13-15,17H,3H2,1-2H3,(H,10,16)/t4?,5-,9+/m1/s1. The van der Waals surface area contributed by atoms with Gasteiger partial charge in [-0.15, -0.1) is 4.91 Å². The number of carbonyl (C=O) groups excluding carboxylic acids is 1. The van der Waals surface area contributed by atoms with Gasteiger partial charge in [-0.1, -0.05) is 0 Å². The Kier molecular flexibility index (Phi) is 4.42. The van der Waals surface area contributed by atoms with Gasteiger partial charge < -0.3 is 30.5 Å². The minimum atomic E-state index is -2.16. The van der Waals surface area contributed by atoms with Gasteiger partial charge in [0, 0.05) is 7.05 Å². The summed E-state index contributed by atoms with van der Waals surface area (Å²) in [4.78, 5) is 21.6. The Balaban J connectivity index is 3.05. The van der Waals surface area contributed by atoms with E-state index in [0.29, 0.717) is 5.01 Å². The van der Waals surface area contributed by atoms with Gasteiger partial charge in [-0.3, -0.25) is 0 Å². The molecule has 1 aliphatic heterocycles. The Labute approximate surface area is 107 Å². The molecule has 0 aliphatic carbocycles. The largest absolute Gasteiger partial charge is 0.507 e. The number of urea groups is 1. The highest BCUT2D eigenvalue weighted by molar-refractivity contribution is 5.75. The second-order valence-electron chi connectivity index (χ2n) is 4.06. The van der Waals surface area contributed by atoms with Crippen LogP contribution in [0.15, 0.2) is 16.7 Å². The fourth-order valence-corrected chi connectivity index (χ4v) is 1.52. The van der Waals surface area contributed by atoms with Crippen LogP contribution in [0.25, 0.3) is 0 Å². The van der Waals surface area contributed by atoms with Crippen molar-refractivity contribution in [2.75, 3.05) is 13.7 Å². The number of aliphatic hydroxyl groups is 4. The highest BCUT2D eigenvalue weighted by atomic mass is 16.6. The molecule has 3 atom stereocenters. The van der Waals surface area contributed by atoms with Crippen molar-refractivity contribution in [1.82, 2.24) is 10.3 Å². The molecule has 19 heavy (non-hydrogen) atoms. The molecule has 10 heteroatoms. The summed E-state index contributed by atoms with van der Waals surface area (Å²) in [6.07, 6.45) is -2.88. The monoisotopic (exact) mass is 277 g/mol. The summed E-state index contributed by atoms with van der Waals surface area (Å²) in [6, 6.07) is -1.05. The quantitative estimate of drug-likeness (QED) is 0.312. The van der Waals surface area contributed by atoms with Gasteiger partial charge in [0.15, 0.2) is 0 Å². The van der Waals surface area contributed by atoms with Crippen LogP contribution in [0.2, 0.25) is 0 Å². The van der Waals surface area contributed by atoms with Gasteiger partial charge in [-0.2, -0.15) is 5.01 Å². The number of amides is 2. The number of nitrogens with one attached hydrogen (secondary N) is 1. The van der Waals surface area contributed by atoms with E-state index in [0.717, 1.165) is 14.0 Å². The first-order valence-corrected chi connectivity index (χ1v) is 5.25. The lowest BCUT2D eigenvalue weighted by Crippen LogP contribution is -2.54. The molecule has 1 unspecified atom stereocenters. The average molecular weight is 277 g/mol. The lowest BCUT2D eigenvalue weighted by Gasteiger charge is -2.38. The summed E-state index contributed by atoms with van der Waals surface area (Å²) < 4.78 is 4.93. The fraction of sp³-hybridized carbons (Fsp3) is 0.667. The predicted octanol–water partition coefficient (Wildman–Crippen LogP) is -1.46. The van der Waals surface area contributed by atoms with Crippen molar-refractivity contribution in [3.8, 4) is 0 Å². The van der Waals surface area contributed by atoms with Crippen LogP contribution in [0.5, 0.6) is 0 Å². The normalized spacial score (nSPS) is 31.0. The zero-order valence-electron chi connectivity index (χ0n) is 10.3. The van der Waals surface area contributed by atoms with Gasteiger partial charge in [0.25, 0.3) is 0 Å². The van der Waals surface area contributed by atoms with E-state index in [2.05, 4.69) is 5.29 Å². The van der Waals surface area contributed by atoms with Gasteiger partial charge in [-0.25, -0.2) is 4.79 Å². The molecule has 1 rings (SSSR count).